The van der Waals surface area contributed by atoms with Crippen LogP contribution in [0, 0.1) is 5.92 Å². The van der Waals surface area contributed by atoms with Gasteiger partial charge in [-0.2, -0.15) is 0 Å². The fourth-order valence-electron chi connectivity index (χ4n) is 2.47. The Balaban J connectivity index is 2.31. The van der Waals surface area contributed by atoms with Crippen molar-refractivity contribution in [3.05, 3.63) is 23.8 Å². The molecule has 1 heterocycles. The minimum Gasteiger partial charge on any atom is -0.495 e. The number of aliphatic hydroxyl groups is 1. The zero-order chi connectivity index (χ0) is 12.4. The minimum absolute atomic E-state index is 0.115. The lowest BCUT2D eigenvalue weighted by Crippen LogP contribution is -2.43. The third-order valence-corrected chi connectivity index (χ3v) is 3.74. The Bertz CT molecular complexity index is 392. The average Bonchev–Trinajstić information content (AvgIpc) is 2.36. The molecule has 3 nitrogen and oxygen atoms in total. The van der Waals surface area contributed by atoms with Gasteiger partial charge in [-0.25, -0.2) is 0 Å². The molecule has 0 saturated carbocycles. The summed E-state index contributed by atoms with van der Waals surface area (Å²) in [7, 11) is 1.68. The van der Waals surface area contributed by atoms with E-state index in [1.165, 1.54) is 0 Å². The molecular weight excluding hydrogens is 214 g/mol. The summed E-state index contributed by atoms with van der Waals surface area (Å²) < 4.78 is 5.37. The zero-order valence-electron chi connectivity index (χ0n) is 10.7. The number of aliphatic hydroxyl groups excluding tert-OH is 1. The van der Waals surface area contributed by atoms with Gasteiger partial charge >= 0.3 is 0 Å². The predicted octanol–water partition coefficient (Wildman–Crippen LogP) is 2.44. The first-order valence-corrected chi connectivity index (χ1v) is 6.27. The number of nitrogens with one attached hydrogen (secondary N) is 1. The van der Waals surface area contributed by atoms with Gasteiger partial charge < -0.3 is 15.2 Å². The Kier molecular flexibility index (Phi) is 3.57. The molecule has 0 aliphatic carbocycles. The molecule has 94 valence electrons. The molecule has 1 aromatic carbocycles. The Morgan fingerprint density at radius 2 is 2.29 bits per heavy atom. The van der Waals surface area contributed by atoms with E-state index in [-0.39, 0.29) is 12.1 Å². The summed E-state index contributed by atoms with van der Waals surface area (Å²) in [4.78, 5) is 0. The summed E-state index contributed by atoms with van der Waals surface area (Å²) in [6.07, 6.45) is 1.44. The van der Waals surface area contributed by atoms with Gasteiger partial charge in [0, 0.05) is 6.42 Å². The number of anilines is 1. The standard InChI is InChI=1S/C14H21NO2/c1-4-9(2)13-11(16)8-10-6-5-7-12(17-3)14(10)15-13/h5-7,9,11,13,15-16H,4,8H2,1-3H3. The maximum absolute atomic E-state index is 10.2. The van der Waals surface area contributed by atoms with E-state index in [1.807, 2.05) is 18.2 Å². The molecule has 17 heavy (non-hydrogen) atoms. The van der Waals surface area contributed by atoms with Crippen LogP contribution in [0.15, 0.2) is 18.2 Å². The van der Waals surface area contributed by atoms with Crippen LogP contribution in [0.4, 0.5) is 5.69 Å². The summed E-state index contributed by atoms with van der Waals surface area (Å²) in [6.45, 7) is 4.32. The second-order valence-electron chi connectivity index (χ2n) is 4.82. The first kappa shape index (κ1) is 12.2. The van der Waals surface area contributed by atoms with Gasteiger partial charge in [-0.05, 0) is 17.5 Å². The Hall–Kier alpha value is -1.22. The SMILES string of the molecule is CCC(C)C1Nc2c(cccc2OC)CC1O. The number of fused-ring (bicyclic) bond motifs is 1. The van der Waals surface area contributed by atoms with Gasteiger partial charge in [0.15, 0.2) is 0 Å². The van der Waals surface area contributed by atoms with E-state index in [0.717, 1.165) is 23.4 Å². The fraction of sp³-hybridized carbons (Fsp3) is 0.571. The molecule has 0 bridgehead atoms. The molecule has 0 radical (unpaired) electrons. The minimum atomic E-state index is -0.315. The van der Waals surface area contributed by atoms with Crippen molar-refractivity contribution in [2.24, 2.45) is 5.92 Å². The monoisotopic (exact) mass is 235 g/mol. The van der Waals surface area contributed by atoms with Crippen LogP contribution in [0.1, 0.15) is 25.8 Å². The number of benzene rings is 1. The normalized spacial score (nSPS) is 24.7. The summed E-state index contributed by atoms with van der Waals surface area (Å²) >= 11 is 0. The number of hydrogen-bond donors (Lipinski definition) is 2. The predicted molar refractivity (Wildman–Crippen MR) is 69.6 cm³/mol. The van der Waals surface area contributed by atoms with Crippen molar-refractivity contribution in [2.45, 2.75) is 38.8 Å². The highest BCUT2D eigenvalue weighted by Crippen LogP contribution is 2.35. The van der Waals surface area contributed by atoms with E-state index in [9.17, 15) is 5.11 Å². The van der Waals surface area contributed by atoms with Crippen molar-refractivity contribution in [3.8, 4) is 5.75 Å². The van der Waals surface area contributed by atoms with E-state index < -0.39 is 0 Å². The molecule has 0 spiro atoms. The van der Waals surface area contributed by atoms with Crippen LogP contribution in [0.2, 0.25) is 0 Å². The van der Waals surface area contributed by atoms with Crippen LogP contribution >= 0.6 is 0 Å². The van der Waals surface area contributed by atoms with E-state index in [2.05, 4.69) is 19.2 Å². The third kappa shape index (κ3) is 2.25. The first-order chi connectivity index (χ1) is 8.17. The second kappa shape index (κ2) is 4.96. The molecule has 0 saturated heterocycles. The second-order valence-corrected chi connectivity index (χ2v) is 4.82. The lowest BCUT2D eigenvalue weighted by Gasteiger charge is -2.35. The number of rotatable bonds is 3. The molecule has 3 atom stereocenters. The maximum atomic E-state index is 10.2. The van der Waals surface area contributed by atoms with E-state index in [0.29, 0.717) is 12.3 Å². The molecule has 3 unspecified atom stereocenters. The Morgan fingerprint density at radius 1 is 1.53 bits per heavy atom. The molecule has 0 amide bonds. The first-order valence-electron chi connectivity index (χ1n) is 6.27. The van der Waals surface area contributed by atoms with Crippen LogP contribution in [0.25, 0.3) is 0 Å². The third-order valence-electron chi connectivity index (χ3n) is 3.74. The summed E-state index contributed by atoms with van der Waals surface area (Å²) in [5.41, 5.74) is 2.18. The van der Waals surface area contributed by atoms with E-state index in [1.54, 1.807) is 7.11 Å². The average molecular weight is 235 g/mol. The Labute approximate surface area is 103 Å². The van der Waals surface area contributed by atoms with Crippen molar-refractivity contribution >= 4 is 5.69 Å². The number of methoxy groups -OCH3 is 1. The molecule has 0 fully saturated rings. The van der Waals surface area contributed by atoms with Crippen molar-refractivity contribution in [1.82, 2.24) is 0 Å². The molecule has 2 rings (SSSR count). The van der Waals surface area contributed by atoms with Crippen LogP contribution in [-0.2, 0) is 6.42 Å². The molecule has 1 aliphatic rings. The molecule has 1 aliphatic heterocycles. The van der Waals surface area contributed by atoms with Crippen molar-refractivity contribution in [1.29, 1.82) is 0 Å². The lowest BCUT2D eigenvalue weighted by molar-refractivity contribution is 0.124. The quantitative estimate of drug-likeness (QED) is 0.845. The summed E-state index contributed by atoms with van der Waals surface area (Å²) in [6, 6.07) is 6.08. The largest absolute Gasteiger partial charge is 0.495 e. The van der Waals surface area contributed by atoms with Gasteiger partial charge in [0.05, 0.1) is 24.9 Å². The van der Waals surface area contributed by atoms with Crippen LogP contribution in [0.5, 0.6) is 5.75 Å². The molecule has 3 heteroatoms. The maximum Gasteiger partial charge on any atom is 0.142 e. The van der Waals surface area contributed by atoms with Gasteiger partial charge in [-0.15, -0.1) is 0 Å². The van der Waals surface area contributed by atoms with Gasteiger partial charge in [0.1, 0.15) is 5.75 Å². The summed E-state index contributed by atoms with van der Waals surface area (Å²) in [5, 5.41) is 13.6. The fourth-order valence-corrected chi connectivity index (χ4v) is 2.47. The van der Waals surface area contributed by atoms with Crippen molar-refractivity contribution in [2.75, 3.05) is 12.4 Å². The van der Waals surface area contributed by atoms with Gasteiger partial charge in [-0.3, -0.25) is 0 Å². The lowest BCUT2D eigenvalue weighted by atomic mass is 9.86. The highest BCUT2D eigenvalue weighted by atomic mass is 16.5. The van der Waals surface area contributed by atoms with Crippen LogP contribution < -0.4 is 10.1 Å². The smallest absolute Gasteiger partial charge is 0.142 e. The van der Waals surface area contributed by atoms with Gasteiger partial charge in [0.25, 0.3) is 0 Å². The Morgan fingerprint density at radius 3 is 2.94 bits per heavy atom. The van der Waals surface area contributed by atoms with Crippen molar-refractivity contribution < 1.29 is 9.84 Å². The zero-order valence-corrected chi connectivity index (χ0v) is 10.7. The molecule has 0 aromatic heterocycles. The van der Waals surface area contributed by atoms with Gasteiger partial charge in [0.2, 0.25) is 0 Å². The number of hydrogen-bond acceptors (Lipinski definition) is 3. The van der Waals surface area contributed by atoms with Gasteiger partial charge in [-0.1, -0.05) is 32.4 Å². The van der Waals surface area contributed by atoms with Crippen LogP contribution in [-0.4, -0.2) is 24.4 Å². The summed E-state index contributed by atoms with van der Waals surface area (Å²) in [5.74, 6) is 1.31. The van der Waals surface area contributed by atoms with Crippen molar-refractivity contribution in [3.63, 3.8) is 0 Å². The molecule has 2 N–H and O–H groups in total. The topological polar surface area (TPSA) is 41.5 Å². The molecular formula is C14H21NO2. The highest BCUT2D eigenvalue weighted by Gasteiger charge is 2.31. The van der Waals surface area contributed by atoms with Crippen LogP contribution in [0.3, 0.4) is 0 Å². The highest BCUT2D eigenvalue weighted by molar-refractivity contribution is 5.64. The number of para-hydroxylation sites is 1. The number of ether oxygens (including phenoxy) is 1. The molecule has 1 aromatic rings. The van der Waals surface area contributed by atoms with E-state index >= 15 is 0 Å². The van der Waals surface area contributed by atoms with E-state index in [4.69, 9.17) is 4.74 Å².